The van der Waals surface area contributed by atoms with Gasteiger partial charge >= 0.3 is 6.03 Å². The van der Waals surface area contributed by atoms with Crippen molar-refractivity contribution in [2.75, 3.05) is 19.6 Å². The molecule has 1 aromatic rings. The van der Waals surface area contributed by atoms with Crippen LogP contribution in [-0.4, -0.2) is 56.3 Å². The fourth-order valence-corrected chi connectivity index (χ4v) is 5.66. The Morgan fingerprint density at radius 3 is 2.68 bits per heavy atom. The van der Waals surface area contributed by atoms with Crippen molar-refractivity contribution in [2.45, 2.75) is 56.9 Å². The van der Waals surface area contributed by atoms with Gasteiger partial charge in [0.05, 0.1) is 4.90 Å². The van der Waals surface area contributed by atoms with Gasteiger partial charge in [-0.25, -0.2) is 17.9 Å². The van der Waals surface area contributed by atoms with Gasteiger partial charge < -0.3 is 10.6 Å². The molecule has 9 nitrogen and oxygen atoms in total. The molecule has 170 valence electrons. The maximum Gasteiger partial charge on any atom is 0.325 e. The van der Waals surface area contributed by atoms with Crippen molar-refractivity contribution in [1.82, 2.24) is 20.3 Å². The number of rotatable bonds is 7. The van der Waals surface area contributed by atoms with Gasteiger partial charge in [-0.15, -0.1) is 0 Å². The maximum atomic E-state index is 12.9. The van der Waals surface area contributed by atoms with E-state index in [1.54, 1.807) is 19.1 Å². The molecule has 0 radical (unpaired) electrons. The Labute approximate surface area is 183 Å². The van der Waals surface area contributed by atoms with Crippen LogP contribution in [0.5, 0.6) is 0 Å². The van der Waals surface area contributed by atoms with Crippen molar-refractivity contribution in [1.29, 1.82) is 0 Å². The third-order valence-electron chi connectivity index (χ3n) is 6.18. The molecule has 2 unspecified atom stereocenters. The van der Waals surface area contributed by atoms with E-state index in [2.05, 4.69) is 15.4 Å². The number of carbonyl (C=O) groups is 3. The number of amides is 4. The van der Waals surface area contributed by atoms with Crippen molar-refractivity contribution in [2.24, 2.45) is 5.92 Å². The van der Waals surface area contributed by atoms with Crippen LogP contribution < -0.4 is 15.4 Å². The number of hydrogen-bond acceptors (Lipinski definition) is 5. The Morgan fingerprint density at radius 1 is 1.23 bits per heavy atom. The number of imide groups is 1. The van der Waals surface area contributed by atoms with Crippen LogP contribution in [0.15, 0.2) is 23.1 Å². The largest absolute Gasteiger partial charge is 0.353 e. The van der Waals surface area contributed by atoms with Crippen LogP contribution >= 0.6 is 0 Å². The average molecular weight is 451 g/mol. The zero-order valence-electron chi connectivity index (χ0n) is 18.2. The van der Waals surface area contributed by atoms with Gasteiger partial charge in [-0.3, -0.25) is 14.5 Å². The van der Waals surface area contributed by atoms with Gasteiger partial charge in [0.25, 0.3) is 5.91 Å². The molecular weight excluding hydrogens is 420 g/mol. The first-order valence-corrected chi connectivity index (χ1v) is 12.0. The van der Waals surface area contributed by atoms with E-state index in [4.69, 9.17) is 0 Å². The number of hydrogen-bond donors (Lipinski definition) is 3. The first-order valence-electron chi connectivity index (χ1n) is 10.5. The summed E-state index contributed by atoms with van der Waals surface area (Å²) in [5, 5.41) is 5.37. The fourth-order valence-electron chi connectivity index (χ4n) is 4.30. The van der Waals surface area contributed by atoms with Crippen molar-refractivity contribution in [3.63, 3.8) is 0 Å². The molecule has 0 bridgehead atoms. The maximum absolute atomic E-state index is 12.9. The molecule has 31 heavy (non-hydrogen) atoms. The van der Waals surface area contributed by atoms with Gasteiger partial charge in [0.1, 0.15) is 12.1 Å². The van der Waals surface area contributed by atoms with Gasteiger partial charge in [0.2, 0.25) is 15.9 Å². The molecule has 4 amide bonds. The third-order valence-corrected chi connectivity index (χ3v) is 7.78. The summed E-state index contributed by atoms with van der Waals surface area (Å²) in [6, 6.07) is 4.62. The predicted octanol–water partition coefficient (Wildman–Crippen LogP) is 1.20. The van der Waals surface area contributed by atoms with Gasteiger partial charge in [-0.2, -0.15) is 0 Å². The second-order valence-corrected chi connectivity index (χ2v) is 10.2. The number of nitrogens with one attached hydrogen (secondary N) is 3. The summed E-state index contributed by atoms with van der Waals surface area (Å²) in [7, 11) is -3.71. The van der Waals surface area contributed by atoms with Crippen LogP contribution in [0, 0.1) is 19.8 Å². The molecule has 1 saturated heterocycles. The van der Waals surface area contributed by atoms with E-state index in [1.165, 1.54) is 0 Å². The van der Waals surface area contributed by atoms with Crippen molar-refractivity contribution < 1.29 is 22.8 Å². The van der Waals surface area contributed by atoms with Crippen molar-refractivity contribution >= 4 is 27.9 Å². The van der Waals surface area contributed by atoms with Crippen LogP contribution in [0.25, 0.3) is 0 Å². The highest BCUT2D eigenvalue weighted by molar-refractivity contribution is 7.89. The second kappa shape index (κ2) is 8.96. The Balaban J connectivity index is 1.51. The Kier molecular flexibility index (Phi) is 6.70. The minimum Gasteiger partial charge on any atom is -0.353 e. The van der Waals surface area contributed by atoms with Crippen molar-refractivity contribution in [3.05, 3.63) is 29.3 Å². The monoisotopic (exact) mass is 450 g/mol. The summed E-state index contributed by atoms with van der Waals surface area (Å²) in [5.41, 5.74) is 0.557. The number of aryl methyl sites for hydroxylation is 2. The lowest BCUT2D eigenvalue weighted by molar-refractivity contribution is -0.137. The van der Waals surface area contributed by atoms with Gasteiger partial charge in [-0.1, -0.05) is 31.9 Å². The Morgan fingerprint density at radius 2 is 1.97 bits per heavy atom. The highest BCUT2D eigenvalue weighted by atomic mass is 32.2. The number of nitrogens with zero attached hydrogens (tertiary/aromatic N) is 1. The molecule has 2 aliphatic rings. The minimum atomic E-state index is -3.71. The first-order chi connectivity index (χ1) is 14.6. The average Bonchev–Trinajstić information content (AvgIpc) is 2.94. The Hall–Kier alpha value is -2.46. The molecule has 10 heteroatoms. The van der Waals surface area contributed by atoms with E-state index in [-0.39, 0.29) is 36.4 Å². The SMILES string of the molecule is Cc1ccc(C)c(S(=O)(=O)NCCNC(=O)CN2C(=O)NC3(CCCCC3C)C2=O)c1. The minimum absolute atomic E-state index is 0.0113. The molecule has 1 heterocycles. The zero-order valence-corrected chi connectivity index (χ0v) is 19.0. The van der Waals surface area contributed by atoms with E-state index >= 15 is 0 Å². The summed E-state index contributed by atoms with van der Waals surface area (Å²) in [6.07, 6.45) is 3.31. The highest BCUT2D eigenvalue weighted by Gasteiger charge is 2.55. The summed E-state index contributed by atoms with van der Waals surface area (Å²) >= 11 is 0. The number of sulfonamides is 1. The number of benzene rings is 1. The van der Waals surface area contributed by atoms with Crippen LogP contribution in [0.2, 0.25) is 0 Å². The molecule has 1 aliphatic carbocycles. The summed E-state index contributed by atoms with van der Waals surface area (Å²) in [4.78, 5) is 38.7. The summed E-state index contributed by atoms with van der Waals surface area (Å²) < 4.78 is 27.4. The van der Waals surface area contributed by atoms with Gasteiger partial charge in [0, 0.05) is 13.1 Å². The Bertz CT molecular complexity index is 993. The summed E-state index contributed by atoms with van der Waals surface area (Å²) in [5.74, 6) is -0.851. The quantitative estimate of drug-likeness (QED) is 0.425. The molecule has 3 N–H and O–H groups in total. The number of carbonyl (C=O) groups excluding carboxylic acids is 3. The predicted molar refractivity (Wildman–Crippen MR) is 115 cm³/mol. The van der Waals surface area contributed by atoms with E-state index < -0.39 is 27.5 Å². The van der Waals surface area contributed by atoms with Crippen molar-refractivity contribution in [3.8, 4) is 0 Å². The molecule has 2 atom stereocenters. The molecule has 2 fully saturated rings. The standard InChI is InChI=1S/C21H30N4O5S/c1-14-7-8-15(2)17(12-14)31(29,30)23-11-10-22-18(26)13-25-19(27)21(24-20(25)28)9-5-4-6-16(21)3/h7-8,12,16,23H,4-6,9-11,13H2,1-3H3,(H,22,26)(H,24,28). The van der Waals surface area contributed by atoms with Crippen LogP contribution in [0.1, 0.15) is 43.7 Å². The van der Waals surface area contributed by atoms with E-state index in [0.717, 1.165) is 29.7 Å². The molecule has 3 rings (SSSR count). The van der Waals surface area contributed by atoms with Gasteiger partial charge in [0.15, 0.2) is 0 Å². The molecule has 1 aromatic carbocycles. The lowest BCUT2D eigenvalue weighted by Crippen LogP contribution is -2.54. The first kappa shape index (κ1) is 23.2. The smallest absolute Gasteiger partial charge is 0.325 e. The van der Waals surface area contributed by atoms with Crippen LogP contribution in [0.3, 0.4) is 0 Å². The summed E-state index contributed by atoms with van der Waals surface area (Å²) in [6.45, 7) is 5.11. The third kappa shape index (κ3) is 4.74. The zero-order chi connectivity index (χ0) is 22.8. The van der Waals surface area contributed by atoms with Gasteiger partial charge in [-0.05, 0) is 49.8 Å². The molecular formula is C21H30N4O5S. The fraction of sp³-hybridized carbons (Fsp3) is 0.571. The van der Waals surface area contributed by atoms with Crippen LogP contribution in [0.4, 0.5) is 4.79 Å². The second-order valence-electron chi connectivity index (χ2n) is 8.46. The topological polar surface area (TPSA) is 125 Å². The van der Waals surface area contributed by atoms with E-state index in [0.29, 0.717) is 12.0 Å². The molecule has 0 aromatic heterocycles. The molecule has 1 aliphatic heterocycles. The molecule has 1 spiro atoms. The number of urea groups is 1. The highest BCUT2D eigenvalue weighted by Crippen LogP contribution is 2.38. The van der Waals surface area contributed by atoms with E-state index in [1.807, 2.05) is 19.9 Å². The van der Waals surface area contributed by atoms with E-state index in [9.17, 15) is 22.8 Å². The lowest BCUT2D eigenvalue weighted by Gasteiger charge is -2.36. The van der Waals surface area contributed by atoms with Crippen LogP contribution in [-0.2, 0) is 19.6 Å². The normalized spacial score (nSPS) is 23.8. The molecule has 1 saturated carbocycles. The lowest BCUT2D eigenvalue weighted by atomic mass is 9.73.